The van der Waals surface area contributed by atoms with Crippen LogP contribution in [-0.2, 0) is 14.3 Å². The highest BCUT2D eigenvalue weighted by Gasteiger charge is 2.13. The molecule has 0 amide bonds. The molecule has 0 aliphatic rings. The van der Waals surface area contributed by atoms with Crippen LogP contribution in [0.5, 0.6) is 0 Å². The van der Waals surface area contributed by atoms with Crippen molar-refractivity contribution in [1.29, 1.82) is 0 Å². The van der Waals surface area contributed by atoms with Crippen molar-refractivity contribution in [2.45, 2.75) is 25.9 Å². The lowest BCUT2D eigenvalue weighted by Gasteiger charge is -2.04. The Bertz CT molecular complexity index is 437. The first-order valence-corrected chi connectivity index (χ1v) is 6.20. The molecule has 19 heavy (non-hydrogen) atoms. The van der Waals surface area contributed by atoms with Crippen molar-refractivity contribution < 1.29 is 19.4 Å². The summed E-state index contributed by atoms with van der Waals surface area (Å²) in [4.78, 5) is 22.5. The Hall–Kier alpha value is -1.94. The molecular weight excluding hydrogens is 244 g/mol. The standard InChI is InChI=1S/C15H18O4/c1-2-19-15(18)11-14(17)10-13(16)9-8-12-6-4-3-5-7-12/h3-9,13,16H,2,10-11H2,1H3/b9-8+/t13-/m1/s1. The Morgan fingerprint density at radius 1 is 1.32 bits per heavy atom. The molecule has 0 saturated carbocycles. The Morgan fingerprint density at radius 3 is 2.63 bits per heavy atom. The Labute approximate surface area is 112 Å². The van der Waals surface area contributed by atoms with Crippen LogP contribution in [0.4, 0.5) is 0 Å². The summed E-state index contributed by atoms with van der Waals surface area (Å²) in [5.74, 6) is -0.879. The molecule has 0 aromatic heterocycles. The van der Waals surface area contributed by atoms with Crippen LogP contribution in [0.15, 0.2) is 36.4 Å². The maximum Gasteiger partial charge on any atom is 0.313 e. The molecule has 0 aliphatic carbocycles. The van der Waals surface area contributed by atoms with E-state index in [1.807, 2.05) is 30.3 Å². The number of ketones is 1. The number of rotatable bonds is 7. The van der Waals surface area contributed by atoms with E-state index in [2.05, 4.69) is 4.74 Å². The van der Waals surface area contributed by atoms with Crippen LogP contribution in [-0.4, -0.2) is 29.6 Å². The second-order valence-corrected chi connectivity index (χ2v) is 4.06. The van der Waals surface area contributed by atoms with E-state index in [9.17, 15) is 14.7 Å². The van der Waals surface area contributed by atoms with Gasteiger partial charge in [-0.15, -0.1) is 0 Å². The van der Waals surface area contributed by atoms with Crippen LogP contribution < -0.4 is 0 Å². The average molecular weight is 262 g/mol. The Kier molecular flexibility index (Phi) is 6.53. The topological polar surface area (TPSA) is 63.6 Å². The van der Waals surface area contributed by atoms with Crippen molar-refractivity contribution in [2.75, 3.05) is 6.61 Å². The molecule has 0 aliphatic heterocycles. The summed E-state index contributed by atoms with van der Waals surface area (Å²) < 4.78 is 4.66. The van der Waals surface area contributed by atoms with Gasteiger partial charge in [-0.25, -0.2) is 0 Å². The van der Waals surface area contributed by atoms with Crippen LogP contribution in [0, 0.1) is 0 Å². The van der Waals surface area contributed by atoms with E-state index in [0.717, 1.165) is 5.56 Å². The predicted molar refractivity (Wildman–Crippen MR) is 72.4 cm³/mol. The summed E-state index contributed by atoms with van der Waals surface area (Å²) in [6.45, 7) is 1.93. The number of hydrogen-bond donors (Lipinski definition) is 1. The first-order valence-electron chi connectivity index (χ1n) is 6.20. The highest BCUT2D eigenvalue weighted by atomic mass is 16.5. The van der Waals surface area contributed by atoms with E-state index in [0.29, 0.717) is 0 Å². The van der Waals surface area contributed by atoms with Crippen molar-refractivity contribution >= 4 is 17.8 Å². The number of ether oxygens (including phenoxy) is 1. The molecule has 1 atom stereocenters. The van der Waals surface area contributed by atoms with E-state index >= 15 is 0 Å². The fourth-order valence-electron chi connectivity index (χ4n) is 1.53. The second-order valence-electron chi connectivity index (χ2n) is 4.06. The van der Waals surface area contributed by atoms with Gasteiger partial charge in [0, 0.05) is 6.42 Å². The molecule has 0 fully saturated rings. The summed E-state index contributed by atoms with van der Waals surface area (Å²) in [7, 11) is 0. The van der Waals surface area contributed by atoms with E-state index < -0.39 is 12.1 Å². The van der Waals surface area contributed by atoms with Gasteiger partial charge in [-0.3, -0.25) is 9.59 Å². The SMILES string of the molecule is CCOC(=O)CC(=O)C[C@H](O)/C=C/c1ccccc1. The molecule has 1 rings (SSSR count). The quantitative estimate of drug-likeness (QED) is 0.603. The number of aliphatic hydroxyl groups is 1. The fraction of sp³-hybridized carbons (Fsp3) is 0.333. The van der Waals surface area contributed by atoms with Crippen molar-refractivity contribution in [3.8, 4) is 0 Å². The molecule has 0 radical (unpaired) electrons. The number of Topliss-reactive ketones (excluding diaryl/α,β-unsaturated/α-hetero) is 1. The van der Waals surface area contributed by atoms with Gasteiger partial charge < -0.3 is 9.84 Å². The van der Waals surface area contributed by atoms with Crippen molar-refractivity contribution in [1.82, 2.24) is 0 Å². The highest BCUT2D eigenvalue weighted by molar-refractivity contribution is 5.95. The summed E-state index contributed by atoms with van der Waals surface area (Å²) >= 11 is 0. The highest BCUT2D eigenvalue weighted by Crippen LogP contribution is 2.05. The number of aliphatic hydroxyl groups excluding tert-OH is 1. The van der Waals surface area contributed by atoms with Gasteiger partial charge in [-0.1, -0.05) is 42.5 Å². The van der Waals surface area contributed by atoms with Gasteiger partial charge in [0.15, 0.2) is 0 Å². The van der Waals surface area contributed by atoms with Crippen molar-refractivity contribution in [3.63, 3.8) is 0 Å². The molecular formula is C15H18O4. The third-order valence-corrected chi connectivity index (χ3v) is 2.39. The van der Waals surface area contributed by atoms with E-state index in [1.165, 1.54) is 0 Å². The first-order chi connectivity index (χ1) is 9.11. The average Bonchev–Trinajstić information content (AvgIpc) is 2.37. The Balaban J connectivity index is 2.38. The maximum atomic E-state index is 11.5. The summed E-state index contributed by atoms with van der Waals surface area (Å²) in [6, 6.07) is 9.46. The van der Waals surface area contributed by atoms with Gasteiger partial charge in [0.05, 0.1) is 12.7 Å². The van der Waals surface area contributed by atoms with Crippen molar-refractivity contribution in [2.24, 2.45) is 0 Å². The third kappa shape index (κ3) is 6.52. The smallest absolute Gasteiger partial charge is 0.313 e. The molecule has 4 nitrogen and oxygen atoms in total. The van der Waals surface area contributed by atoms with Gasteiger partial charge >= 0.3 is 5.97 Å². The third-order valence-electron chi connectivity index (χ3n) is 2.39. The normalized spacial score (nSPS) is 12.3. The molecule has 0 unspecified atom stereocenters. The lowest BCUT2D eigenvalue weighted by atomic mass is 10.1. The molecule has 102 valence electrons. The molecule has 1 aromatic rings. The fourth-order valence-corrected chi connectivity index (χ4v) is 1.53. The number of carbonyl (C=O) groups excluding carboxylic acids is 2. The predicted octanol–water partition coefficient (Wildman–Crippen LogP) is 1.97. The van der Waals surface area contributed by atoms with Crippen LogP contribution in [0.1, 0.15) is 25.3 Å². The Morgan fingerprint density at radius 2 is 2.00 bits per heavy atom. The van der Waals surface area contributed by atoms with Crippen LogP contribution in [0.3, 0.4) is 0 Å². The molecule has 0 bridgehead atoms. The summed E-state index contributed by atoms with van der Waals surface area (Å²) in [6.07, 6.45) is 2.02. The zero-order chi connectivity index (χ0) is 14.1. The maximum absolute atomic E-state index is 11.5. The summed E-state index contributed by atoms with van der Waals surface area (Å²) in [5, 5.41) is 9.66. The monoisotopic (exact) mass is 262 g/mol. The van der Waals surface area contributed by atoms with E-state index in [1.54, 1.807) is 19.1 Å². The lowest BCUT2D eigenvalue weighted by Crippen LogP contribution is -2.16. The molecule has 0 heterocycles. The zero-order valence-corrected chi connectivity index (χ0v) is 10.9. The van der Waals surface area contributed by atoms with E-state index in [4.69, 9.17) is 0 Å². The number of carbonyl (C=O) groups is 2. The molecule has 4 heteroatoms. The van der Waals surface area contributed by atoms with E-state index in [-0.39, 0.29) is 25.2 Å². The number of hydrogen-bond acceptors (Lipinski definition) is 4. The van der Waals surface area contributed by atoms with Crippen LogP contribution >= 0.6 is 0 Å². The van der Waals surface area contributed by atoms with Crippen LogP contribution in [0.2, 0.25) is 0 Å². The molecule has 1 N–H and O–H groups in total. The van der Waals surface area contributed by atoms with Gasteiger partial charge in [-0.05, 0) is 12.5 Å². The minimum absolute atomic E-state index is 0.0812. The van der Waals surface area contributed by atoms with Gasteiger partial charge in [-0.2, -0.15) is 0 Å². The van der Waals surface area contributed by atoms with Gasteiger partial charge in [0.1, 0.15) is 12.2 Å². The largest absolute Gasteiger partial charge is 0.466 e. The minimum Gasteiger partial charge on any atom is -0.466 e. The van der Waals surface area contributed by atoms with Crippen molar-refractivity contribution in [3.05, 3.63) is 42.0 Å². The van der Waals surface area contributed by atoms with Crippen LogP contribution in [0.25, 0.3) is 6.08 Å². The number of benzene rings is 1. The second kappa shape index (κ2) is 8.21. The van der Waals surface area contributed by atoms with Gasteiger partial charge in [0.25, 0.3) is 0 Å². The lowest BCUT2D eigenvalue weighted by molar-refractivity contribution is -0.145. The molecule has 1 aromatic carbocycles. The summed E-state index contributed by atoms with van der Waals surface area (Å²) in [5.41, 5.74) is 0.944. The molecule has 0 saturated heterocycles. The number of esters is 1. The van der Waals surface area contributed by atoms with Gasteiger partial charge in [0.2, 0.25) is 0 Å². The molecule has 0 spiro atoms. The zero-order valence-electron chi connectivity index (χ0n) is 10.9. The first kappa shape index (κ1) is 15.1. The minimum atomic E-state index is -0.887.